The molecule has 1 heterocycles. The van der Waals surface area contributed by atoms with Crippen molar-refractivity contribution in [1.82, 2.24) is 4.90 Å². The predicted molar refractivity (Wildman–Crippen MR) is 46.0 cm³/mol. The molecule has 1 aliphatic rings. The third-order valence-electron chi connectivity index (χ3n) is 1.80. The number of sulfone groups is 1. The molecular formula is C5H12N4O2S. The van der Waals surface area contributed by atoms with Crippen molar-refractivity contribution in [2.45, 2.75) is 0 Å². The molecule has 1 fully saturated rings. The van der Waals surface area contributed by atoms with Gasteiger partial charge < -0.3 is 16.5 Å². The van der Waals surface area contributed by atoms with Crippen molar-refractivity contribution >= 4 is 15.8 Å². The fourth-order valence-corrected chi connectivity index (χ4v) is 2.22. The Morgan fingerprint density at radius 2 is 1.83 bits per heavy atom. The monoisotopic (exact) mass is 192 g/mol. The van der Waals surface area contributed by atoms with Crippen LogP contribution in [0.25, 0.3) is 0 Å². The molecule has 0 bridgehead atoms. The van der Waals surface area contributed by atoms with Crippen molar-refractivity contribution in [2.24, 2.45) is 16.7 Å². The highest BCUT2D eigenvalue weighted by Crippen LogP contribution is 2.02. The van der Waals surface area contributed by atoms with Crippen molar-refractivity contribution in [3.63, 3.8) is 0 Å². The minimum Gasteiger partial charge on any atom is -0.368 e. The molecule has 0 aromatic heterocycles. The van der Waals surface area contributed by atoms with Crippen LogP contribution >= 0.6 is 0 Å². The number of hydrogen-bond donors (Lipinski definition) is 2. The van der Waals surface area contributed by atoms with E-state index in [4.69, 9.17) is 11.6 Å². The summed E-state index contributed by atoms with van der Waals surface area (Å²) in [5.74, 6) is 5.40. The van der Waals surface area contributed by atoms with Gasteiger partial charge >= 0.3 is 0 Å². The SMILES string of the molecule is NN=C(N)N1CCS(=O)(=O)CC1. The van der Waals surface area contributed by atoms with Crippen molar-refractivity contribution in [3.05, 3.63) is 0 Å². The second kappa shape index (κ2) is 3.18. The summed E-state index contributed by atoms with van der Waals surface area (Å²) in [6.07, 6.45) is 0. The summed E-state index contributed by atoms with van der Waals surface area (Å²) >= 11 is 0. The molecule has 6 nitrogen and oxygen atoms in total. The van der Waals surface area contributed by atoms with E-state index < -0.39 is 9.84 Å². The Labute approximate surface area is 71.1 Å². The Hall–Kier alpha value is -0.980. The number of nitrogens with zero attached hydrogens (tertiary/aromatic N) is 2. The van der Waals surface area contributed by atoms with Crippen LogP contribution in [-0.2, 0) is 9.84 Å². The van der Waals surface area contributed by atoms with Gasteiger partial charge in [0.15, 0.2) is 9.84 Å². The van der Waals surface area contributed by atoms with Crippen LogP contribution in [0.2, 0.25) is 0 Å². The van der Waals surface area contributed by atoms with E-state index in [1.807, 2.05) is 0 Å². The first-order valence-corrected chi connectivity index (χ1v) is 5.36. The van der Waals surface area contributed by atoms with Crippen molar-refractivity contribution < 1.29 is 8.42 Å². The minimum absolute atomic E-state index is 0.128. The Morgan fingerprint density at radius 3 is 2.25 bits per heavy atom. The van der Waals surface area contributed by atoms with Gasteiger partial charge in [-0.25, -0.2) is 8.42 Å². The van der Waals surface area contributed by atoms with Crippen LogP contribution in [0, 0.1) is 0 Å². The van der Waals surface area contributed by atoms with Gasteiger partial charge in [-0.15, -0.1) is 5.10 Å². The average Bonchev–Trinajstić information content (AvgIpc) is 2.03. The molecule has 0 unspecified atom stereocenters. The second-order valence-corrected chi connectivity index (χ2v) is 4.93. The van der Waals surface area contributed by atoms with Crippen LogP contribution in [0.5, 0.6) is 0 Å². The Balaban J connectivity index is 2.58. The van der Waals surface area contributed by atoms with E-state index in [0.717, 1.165) is 0 Å². The highest BCUT2D eigenvalue weighted by molar-refractivity contribution is 7.91. The molecule has 0 spiro atoms. The maximum absolute atomic E-state index is 11.0. The molecule has 12 heavy (non-hydrogen) atoms. The molecule has 1 rings (SSSR count). The zero-order chi connectivity index (χ0) is 9.19. The number of hydrogen-bond acceptors (Lipinski definition) is 4. The first-order valence-electron chi connectivity index (χ1n) is 3.54. The van der Waals surface area contributed by atoms with Gasteiger partial charge in [0.05, 0.1) is 11.5 Å². The lowest BCUT2D eigenvalue weighted by molar-refractivity contribution is 0.437. The molecule has 0 aromatic rings. The van der Waals surface area contributed by atoms with Crippen molar-refractivity contribution in [3.8, 4) is 0 Å². The maximum Gasteiger partial charge on any atom is 0.213 e. The first-order chi connectivity index (χ1) is 5.55. The van der Waals surface area contributed by atoms with Crippen molar-refractivity contribution in [1.29, 1.82) is 0 Å². The summed E-state index contributed by atoms with van der Waals surface area (Å²) in [7, 11) is -2.85. The van der Waals surface area contributed by atoms with Gasteiger partial charge in [-0.3, -0.25) is 0 Å². The highest BCUT2D eigenvalue weighted by Gasteiger charge is 2.22. The summed E-state index contributed by atoms with van der Waals surface area (Å²) in [6, 6.07) is 0. The standard InChI is InChI=1S/C5H12N4O2S/c6-5(8-7)9-1-3-12(10,11)4-2-9/h1-4,7H2,(H2,6,8). The Kier molecular flexibility index (Phi) is 2.41. The molecule has 0 saturated carbocycles. The second-order valence-electron chi connectivity index (χ2n) is 2.63. The van der Waals surface area contributed by atoms with Crippen LogP contribution in [-0.4, -0.2) is 43.9 Å². The fraction of sp³-hybridized carbons (Fsp3) is 0.800. The molecule has 4 N–H and O–H groups in total. The summed E-state index contributed by atoms with van der Waals surface area (Å²) in [6.45, 7) is 0.768. The van der Waals surface area contributed by atoms with Crippen LogP contribution in [0.15, 0.2) is 5.10 Å². The van der Waals surface area contributed by atoms with E-state index in [9.17, 15) is 8.42 Å². The number of rotatable bonds is 0. The molecule has 0 radical (unpaired) electrons. The van der Waals surface area contributed by atoms with Gasteiger partial charge in [0.1, 0.15) is 0 Å². The summed E-state index contributed by atoms with van der Waals surface area (Å²) in [5, 5.41) is 3.29. The molecule has 0 atom stereocenters. The molecule has 0 aromatic carbocycles. The molecular weight excluding hydrogens is 180 g/mol. The van der Waals surface area contributed by atoms with E-state index in [0.29, 0.717) is 13.1 Å². The molecule has 70 valence electrons. The van der Waals surface area contributed by atoms with Gasteiger partial charge in [-0.05, 0) is 0 Å². The quantitative estimate of drug-likeness (QED) is 0.198. The number of guanidine groups is 1. The topological polar surface area (TPSA) is 102 Å². The third kappa shape index (κ3) is 2.00. The van der Waals surface area contributed by atoms with Gasteiger partial charge in [0, 0.05) is 13.1 Å². The lowest BCUT2D eigenvalue weighted by Gasteiger charge is -2.26. The minimum atomic E-state index is -2.85. The zero-order valence-electron chi connectivity index (χ0n) is 6.60. The van der Waals surface area contributed by atoms with E-state index >= 15 is 0 Å². The van der Waals surface area contributed by atoms with Crippen LogP contribution in [0.4, 0.5) is 0 Å². The van der Waals surface area contributed by atoms with Gasteiger partial charge in [0.25, 0.3) is 0 Å². The Morgan fingerprint density at radius 1 is 1.33 bits per heavy atom. The average molecular weight is 192 g/mol. The molecule has 1 aliphatic heterocycles. The Bertz CT molecular complexity index is 270. The summed E-state index contributed by atoms with van der Waals surface area (Å²) in [4.78, 5) is 1.65. The van der Waals surface area contributed by atoms with E-state index in [1.165, 1.54) is 0 Å². The number of nitrogens with two attached hydrogens (primary N) is 2. The predicted octanol–water partition coefficient (Wildman–Crippen LogP) is -2.09. The van der Waals surface area contributed by atoms with E-state index in [1.54, 1.807) is 4.90 Å². The molecule has 0 amide bonds. The highest BCUT2D eigenvalue weighted by atomic mass is 32.2. The largest absolute Gasteiger partial charge is 0.368 e. The molecule has 0 aliphatic carbocycles. The lowest BCUT2D eigenvalue weighted by atomic mass is 10.5. The van der Waals surface area contributed by atoms with Gasteiger partial charge in [-0.1, -0.05) is 0 Å². The summed E-state index contributed by atoms with van der Waals surface area (Å²) < 4.78 is 21.9. The normalized spacial score (nSPS) is 24.0. The van der Waals surface area contributed by atoms with Gasteiger partial charge in [-0.2, -0.15) is 0 Å². The number of hydrazone groups is 1. The van der Waals surface area contributed by atoms with Crippen LogP contribution in [0.3, 0.4) is 0 Å². The van der Waals surface area contributed by atoms with E-state index in [-0.39, 0.29) is 17.5 Å². The smallest absolute Gasteiger partial charge is 0.213 e. The third-order valence-corrected chi connectivity index (χ3v) is 3.41. The molecule has 7 heteroatoms. The van der Waals surface area contributed by atoms with Crippen LogP contribution < -0.4 is 11.6 Å². The van der Waals surface area contributed by atoms with Gasteiger partial charge in [0.2, 0.25) is 5.96 Å². The first kappa shape index (κ1) is 9.11. The lowest BCUT2D eigenvalue weighted by Crippen LogP contribution is -2.47. The van der Waals surface area contributed by atoms with Crippen LogP contribution in [0.1, 0.15) is 0 Å². The fourth-order valence-electron chi connectivity index (χ4n) is 1.02. The van der Waals surface area contributed by atoms with Crippen molar-refractivity contribution in [2.75, 3.05) is 24.6 Å². The van der Waals surface area contributed by atoms with E-state index in [2.05, 4.69) is 5.10 Å². The zero-order valence-corrected chi connectivity index (χ0v) is 7.42. The maximum atomic E-state index is 11.0. The molecule has 1 saturated heterocycles. The summed E-state index contributed by atoms with van der Waals surface area (Å²) in [5.41, 5.74) is 5.39.